The molecule has 0 spiro atoms. The van der Waals surface area contributed by atoms with Gasteiger partial charge in [-0.15, -0.1) is 0 Å². The van der Waals surface area contributed by atoms with E-state index in [2.05, 4.69) is 95.9 Å². The summed E-state index contributed by atoms with van der Waals surface area (Å²) >= 11 is 0. The van der Waals surface area contributed by atoms with E-state index in [1.165, 1.54) is 28.9 Å². The number of para-hydroxylation sites is 1. The Kier molecular flexibility index (Phi) is 4.42. The van der Waals surface area contributed by atoms with Crippen molar-refractivity contribution in [2.75, 3.05) is 17.5 Å². The average molecular weight is 335 g/mol. The van der Waals surface area contributed by atoms with Gasteiger partial charge in [-0.3, -0.25) is 0 Å². The molecule has 1 aliphatic rings. The number of benzene rings is 3. The first kappa shape index (κ1) is 14.9. The van der Waals surface area contributed by atoms with Gasteiger partial charge >= 0.3 is 0 Å². The predicted molar refractivity (Wildman–Crippen MR) is 105 cm³/mol. The summed E-state index contributed by atoms with van der Waals surface area (Å²) in [4.78, 5) is 2.58. The second-order valence-electron chi connectivity index (χ2n) is 5.63. The van der Waals surface area contributed by atoms with Gasteiger partial charge < -0.3 is 4.90 Å². The zero-order chi connectivity index (χ0) is 15.5. The van der Waals surface area contributed by atoms with Crippen molar-refractivity contribution >= 4 is 31.5 Å². The first-order valence-corrected chi connectivity index (χ1v) is 11.6. The molecule has 1 aliphatic heterocycles. The highest BCUT2D eigenvalue weighted by Gasteiger charge is 2.34. The summed E-state index contributed by atoms with van der Waals surface area (Å²) in [6.45, 7) is 0. The van der Waals surface area contributed by atoms with Gasteiger partial charge in [0.2, 0.25) is 0 Å². The molecular weight excluding hydrogens is 316 g/mol. The van der Waals surface area contributed by atoms with E-state index in [4.69, 9.17) is 0 Å². The van der Waals surface area contributed by atoms with Crippen molar-refractivity contribution in [3.8, 4) is 0 Å². The number of nitrogens with zero attached hydrogens (tertiary/aromatic N) is 1. The summed E-state index contributed by atoms with van der Waals surface area (Å²) in [6.07, 6.45) is 2.34. The van der Waals surface area contributed by atoms with E-state index in [0.717, 1.165) is 0 Å². The molecule has 3 aromatic carbocycles. The van der Waals surface area contributed by atoms with Gasteiger partial charge in [0.25, 0.3) is 0 Å². The molecule has 0 radical (unpaired) electrons. The van der Waals surface area contributed by atoms with Gasteiger partial charge in [0.05, 0.1) is 0 Å². The third-order valence-electron chi connectivity index (χ3n) is 4.13. The predicted octanol–water partition coefficient (Wildman–Crippen LogP) is 4.95. The lowest BCUT2D eigenvalue weighted by Crippen LogP contribution is -2.18. The second-order valence-corrected chi connectivity index (χ2v) is 11.7. The van der Waals surface area contributed by atoms with Crippen LogP contribution in [0.1, 0.15) is 0 Å². The van der Waals surface area contributed by atoms with E-state index in [9.17, 15) is 0 Å². The van der Waals surface area contributed by atoms with Crippen LogP contribution in [0.4, 0.5) is 5.69 Å². The van der Waals surface area contributed by atoms with Gasteiger partial charge in [-0.25, -0.2) is 0 Å². The minimum Gasteiger partial charge on any atom is -0.362 e. The first-order chi connectivity index (χ1) is 11.4. The van der Waals surface area contributed by atoms with Crippen LogP contribution in [0.3, 0.4) is 0 Å². The largest absolute Gasteiger partial charge is 0.362 e. The molecule has 3 heteroatoms. The maximum absolute atomic E-state index is 2.58. The van der Waals surface area contributed by atoms with Crippen molar-refractivity contribution in [3.05, 3.63) is 91.0 Å². The van der Waals surface area contributed by atoms with Gasteiger partial charge in [-0.05, 0) is 38.0 Å². The van der Waals surface area contributed by atoms with Gasteiger partial charge in [-0.2, -0.15) is 0 Å². The van der Waals surface area contributed by atoms with Gasteiger partial charge in [0.15, 0.2) is 0 Å². The highest BCUT2D eigenvalue weighted by Crippen LogP contribution is 2.71. The van der Waals surface area contributed by atoms with Crippen molar-refractivity contribution in [3.63, 3.8) is 0 Å². The fourth-order valence-corrected chi connectivity index (χ4v) is 10.8. The molecule has 0 amide bonds. The minimum absolute atomic E-state index is 0.152. The van der Waals surface area contributed by atoms with Crippen LogP contribution in [0.5, 0.6) is 0 Å². The molecule has 0 aromatic heterocycles. The molecular formula is C20H19NP2. The molecule has 4 rings (SSSR count). The summed E-state index contributed by atoms with van der Waals surface area (Å²) in [7, 11) is -0.304. The molecule has 0 saturated carbocycles. The van der Waals surface area contributed by atoms with Crippen LogP contribution in [-0.4, -0.2) is 12.6 Å². The number of hydrogen-bond donors (Lipinski definition) is 0. The van der Waals surface area contributed by atoms with Crippen LogP contribution in [0.15, 0.2) is 91.0 Å². The molecule has 23 heavy (non-hydrogen) atoms. The molecule has 3 aromatic rings. The SMILES string of the molecule is c1ccc(N2CP(c3ccccc3)P(c3ccccc3)C2)cc1. The van der Waals surface area contributed by atoms with Crippen LogP contribution in [-0.2, 0) is 0 Å². The van der Waals surface area contributed by atoms with Crippen LogP contribution < -0.4 is 15.5 Å². The molecule has 114 valence electrons. The standard InChI is InChI=1S/C20H19NP2/c1-4-10-18(11-5-1)21-16-22(19-12-6-2-7-13-19)23(17-21)20-14-8-3-9-15-20/h1-15H,16-17H2. The van der Waals surface area contributed by atoms with Crippen LogP contribution in [0.25, 0.3) is 0 Å². The topological polar surface area (TPSA) is 3.24 Å². The summed E-state index contributed by atoms with van der Waals surface area (Å²) in [5.74, 6) is 0. The van der Waals surface area contributed by atoms with Crippen LogP contribution >= 0.6 is 15.2 Å². The van der Waals surface area contributed by atoms with Crippen molar-refractivity contribution in [1.82, 2.24) is 0 Å². The van der Waals surface area contributed by atoms with Crippen molar-refractivity contribution < 1.29 is 0 Å². The molecule has 1 heterocycles. The lowest BCUT2D eigenvalue weighted by Gasteiger charge is -2.19. The third kappa shape index (κ3) is 3.18. The molecule has 0 bridgehead atoms. The first-order valence-electron chi connectivity index (χ1n) is 7.87. The van der Waals surface area contributed by atoms with Gasteiger partial charge in [0, 0.05) is 18.3 Å². The van der Waals surface area contributed by atoms with Crippen molar-refractivity contribution in [2.24, 2.45) is 0 Å². The molecule has 1 nitrogen and oxygen atoms in total. The molecule has 0 aliphatic carbocycles. The quantitative estimate of drug-likeness (QED) is 0.612. The van der Waals surface area contributed by atoms with Crippen molar-refractivity contribution in [2.45, 2.75) is 0 Å². The highest BCUT2D eigenvalue weighted by atomic mass is 32.1. The van der Waals surface area contributed by atoms with Gasteiger partial charge in [-0.1, -0.05) is 78.9 Å². The Balaban J connectivity index is 1.70. The fraction of sp³-hybridized carbons (Fsp3) is 0.100. The second kappa shape index (κ2) is 6.83. The zero-order valence-corrected chi connectivity index (χ0v) is 14.7. The Bertz CT molecular complexity index is 699. The Hall–Kier alpha value is -1.68. The van der Waals surface area contributed by atoms with Crippen LogP contribution in [0.2, 0.25) is 0 Å². The maximum Gasteiger partial charge on any atom is 0.0465 e. The maximum atomic E-state index is 2.58. The number of anilines is 1. The Morgan fingerprint density at radius 2 is 0.913 bits per heavy atom. The summed E-state index contributed by atoms with van der Waals surface area (Å²) in [5, 5.41) is 3.08. The Labute approximate surface area is 140 Å². The molecule has 0 N–H and O–H groups in total. The van der Waals surface area contributed by atoms with E-state index in [1.807, 2.05) is 0 Å². The molecule has 1 saturated heterocycles. The normalized spacial score (nSPS) is 20.6. The lowest BCUT2D eigenvalue weighted by atomic mass is 10.3. The van der Waals surface area contributed by atoms with E-state index in [0.29, 0.717) is 0 Å². The monoisotopic (exact) mass is 335 g/mol. The Morgan fingerprint density at radius 3 is 1.35 bits per heavy atom. The minimum atomic E-state index is -0.152. The molecule has 2 atom stereocenters. The zero-order valence-electron chi connectivity index (χ0n) is 12.9. The van der Waals surface area contributed by atoms with E-state index in [1.54, 1.807) is 0 Å². The van der Waals surface area contributed by atoms with Crippen molar-refractivity contribution in [1.29, 1.82) is 0 Å². The molecule has 2 unspecified atom stereocenters. The van der Waals surface area contributed by atoms with E-state index < -0.39 is 0 Å². The lowest BCUT2D eigenvalue weighted by molar-refractivity contribution is 1.07. The Morgan fingerprint density at radius 1 is 0.522 bits per heavy atom. The number of hydrogen-bond acceptors (Lipinski definition) is 1. The molecule has 1 fully saturated rings. The van der Waals surface area contributed by atoms with Gasteiger partial charge in [0.1, 0.15) is 0 Å². The fourth-order valence-electron chi connectivity index (χ4n) is 2.97. The summed E-state index contributed by atoms with van der Waals surface area (Å²) in [6, 6.07) is 33.1. The number of rotatable bonds is 3. The van der Waals surface area contributed by atoms with Crippen LogP contribution in [0, 0.1) is 0 Å². The summed E-state index contributed by atoms with van der Waals surface area (Å²) < 4.78 is 0. The van der Waals surface area contributed by atoms with E-state index >= 15 is 0 Å². The van der Waals surface area contributed by atoms with E-state index in [-0.39, 0.29) is 15.2 Å². The summed E-state index contributed by atoms with van der Waals surface area (Å²) in [5.41, 5.74) is 1.36. The average Bonchev–Trinajstić information content (AvgIpc) is 3.09. The smallest absolute Gasteiger partial charge is 0.0465 e. The third-order valence-corrected chi connectivity index (χ3v) is 11.6. The highest BCUT2D eigenvalue weighted by molar-refractivity contribution is 8.36.